The molecule has 0 N–H and O–H groups in total. The van der Waals surface area contributed by atoms with Crippen LogP contribution in [0.4, 0.5) is 0 Å². The van der Waals surface area contributed by atoms with Gasteiger partial charge in [-0.1, -0.05) is 12.2 Å². The molecule has 3 fully saturated rings. The first kappa shape index (κ1) is 11.6. The van der Waals surface area contributed by atoms with Crippen molar-refractivity contribution < 1.29 is 14.3 Å². The first-order valence-corrected chi connectivity index (χ1v) is 7.17. The topological polar surface area (TPSA) is 49.9 Å². The SMILES string of the molecule is O=C1C2C3C=CC(O3)C2C(=O)N1CCN1CCCC1. The van der Waals surface area contributed by atoms with Crippen LogP contribution < -0.4 is 0 Å². The van der Waals surface area contributed by atoms with Crippen molar-refractivity contribution in [2.24, 2.45) is 11.8 Å². The lowest BCUT2D eigenvalue weighted by atomic mass is 9.85. The normalized spacial score (nSPS) is 40.7. The summed E-state index contributed by atoms with van der Waals surface area (Å²) in [7, 11) is 0. The molecule has 3 saturated heterocycles. The van der Waals surface area contributed by atoms with Crippen molar-refractivity contribution in [3.05, 3.63) is 12.2 Å². The van der Waals surface area contributed by atoms with Crippen molar-refractivity contribution in [2.75, 3.05) is 26.2 Å². The maximum Gasteiger partial charge on any atom is 0.236 e. The van der Waals surface area contributed by atoms with Gasteiger partial charge in [0.15, 0.2) is 0 Å². The van der Waals surface area contributed by atoms with Crippen LogP contribution in [0.1, 0.15) is 12.8 Å². The Bertz CT molecular complexity index is 426. The molecule has 2 amide bonds. The number of rotatable bonds is 3. The number of hydrogen-bond donors (Lipinski definition) is 0. The number of imide groups is 1. The van der Waals surface area contributed by atoms with Crippen molar-refractivity contribution in [1.82, 2.24) is 9.80 Å². The van der Waals surface area contributed by atoms with E-state index in [0.717, 1.165) is 19.6 Å². The predicted molar refractivity (Wildman–Crippen MR) is 67.2 cm³/mol. The molecule has 4 rings (SSSR count). The fraction of sp³-hybridized carbons (Fsp3) is 0.714. The predicted octanol–water partition coefficient (Wildman–Crippen LogP) is 0.0206. The largest absolute Gasteiger partial charge is 0.365 e. The van der Waals surface area contributed by atoms with Crippen molar-refractivity contribution in [2.45, 2.75) is 25.0 Å². The molecule has 5 nitrogen and oxygen atoms in total. The summed E-state index contributed by atoms with van der Waals surface area (Å²) in [5.41, 5.74) is 0. The molecule has 0 spiro atoms. The highest BCUT2D eigenvalue weighted by molar-refractivity contribution is 6.06. The van der Waals surface area contributed by atoms with Gasteiger partial charge in [-0.2, -0.15) is 0 Å². The molecule has 0 aliphatic carbocycles. The maximum atomic E-state index is 12.4. The second kappa shape index (κ2) is 4.15. The molecule has 0 aromatic rings. The zero-order valence-electron chi connectivity index (χ0n) is 10.8. The Labute approximate surface area is 112 Å². The quantitative estimate of drug-likeness (QED) is 0.531. The number of carbonyl (C=O) groups excluding carboxylic acids is 2. The van der Waals surface area contributed by atoms with Gasteiger partial charge in [0.2, 0.25) is 11.8 Å². The Hall–Kier alpha value is -1.20. The van der Waals surface area contributed by atoms with Gasteiger partial charge >= 0.3 is 0 Å². The summed E-state index contributed by atoms with van der Waals surface area (Å²) < 4.78 is 5.62. The smallest absolute Gasteiger partial charge is 0.236 e. The van der Waals surface area contributed by atoms with Crippen molar-refractivity contribution >= 4 is 11.8 Å². The van der Waals surface area contributed by atoms with E-state index in [1.54, 1.807) is 0 Å². The molecule has 4 heterocycles. The molecule has 4 atom stereocenters. The van der Waals surface area contributed by atoms with Crippen molar-refractivity contribution in [1.29, 1.82) is 0 Å². The van der Waals surface area contributed by atoms with Crippen LogP contribution in [0.2, 0.25) is 0 Å². The number of carbonyl (C=O) groups is 2. The second-order valence-electron chi connectivity index (χ2n) is 5.88. The number of likely N-dealkylation sites (tertiary alicyclic amines) is 2. The Morgan fingerprint density at radius 2 is 1.58 bits per heavy atom. The van der Waals surface area contributed by atoms with Gasteiger partial charge < -0.3 is 9.64 Å². The highest BCUT2D eigenvalue weighted by Gasteiger charge is 2.60. The molecule has 19 heavy (non-hydrogen) atoms. The summed E-state index contributed by atoms with van der Waals surface area (Å²) in [6.45, 7) is 3.56. The van der Waals surface area contributed by atoms with E-state index in [-0.39, 0.29) is 35.9 Å². The van der Waals surface area contributed by atoms with Crippen LogP contribution in [0.25, 0.3) is 0 Å². The van der Waals surface area contributed by atoms with E-state index in [0.29, 0.717) is 6.54 Å². The van der Waals surface area contributed by atoms with Crippen LogP contribution in [0.5, 0.6) is 0 Å². The third kappa shape index (κ3) is 1.61. The Morgan fingerprint density at radius 1 is 1.00 bits per heavy atom. The van der Waals surface area contributed by atoms with Gasteiger partial charge in [0.05, 0.1) is 24.0 Å². The molecule has 0 radical (unpaired) electrons. The van der Waals surface area contributed by atoms with E-state index in [2.05, 4.69) is 4.90 Å². The average Bonchev–Trinajstić information content (AvgIpc) is 3.14. The molecule has 0 aromatic carbocycles. The monoisotopic (exact) mass is 262 g/mol. The number of ether oxygens (including phenoxy) is 1. The molecule has 0 saturated carbocycles. The fourth-order valence-electron chi connectivity index (χ4n) is 3.83. The van der Waals surface area contributed by atoms with Crippen molar-refractivity contribution in [3.63, 3.8) is 0 Å². The molecule has 2 bridgehead atoms. The zero-order chi connectivity index (χ0) is 13.0. The Balaban J connectivity index is 1.46. The molecule has 4 aliphatic rings. The second-order valence-corrected chi connectivity index (χ2v) is 5.88. The highest BCUT2D eigenvalue weighted by Crippen LogP contribution is 2.44. The van der Waals surface area contributed by atoms with Crippen LogP contribution in [0, 0.1) is 11.8 Å². The first-order valence-electron chi connectivity index (χ1n) is 7.17. The lowest BCUT2D eigenvalue weighted by molar-refractivity contribution is -0.142. The Morgan fingerprint density at radius 3 is 2.16 bits per heavy atom. The van der Waals surface area contributed by atoms with Gasteiger partial charge in [0, 0.05) is 13.1 Å². The summed E-state index contributed by atoms with van der Waals surface area (Å²) in [4.78, 5) is 28.5. The molecule has 4 unspecified atom stereocenters. The van der Waals surface area contributed by atoms with Crippen LogP contribution in [0.15, 0.2) is 12.2 Å². The molecular formula is C14H18N2O3. The molecule has 0 aromatic heterocycles. The minimum absolute atomic E-state index is 0.0222. The minimum Gasteiger partial charge on any atom is -0.365 e. The summed E-state index contributed by atoms with van der Waals surface area (Å²) in [6.07, 6.45) is 6.00. The standard InChI is InChI=1S/C14H18N2O3/c17-13-11-9-3-4-10(19-9)12(11)14(18)16(13)8-7-15-5-1-2-6-15/h3-4,9-12H,1-2,5-8H2. The van der Waals surface area contributed by atoms with Gasteiger partial charge in [0.1, 0.15) is 0 Å². The van der Waals surface area contributed by atoms with E-state index in [1.807, 2.05) is 12.2 Å². The first-order chi connectivity index (χ1) is 9.25. The number of fused-ring (bicyclic) bond motifs is 5. The summed E-state index contributed by atoms with van der Waals surface area (Å²) >= 11 is 0. The Kier molecular flexibility index (Phi) is 2.53. The third-order valence-corrected chi connectivity index (χ3v) is 4.84. The lowest BCUT2D eigenvalue weighted by Gasteiger charge is -2.21. The van der Waals surface area contributed by atoms with Gasteiger partial charge in [-0.3, -0.25) is 14.5 Å². The van der Waals surface area contributed by atoms with E-state index >= 15 is 0 Å². The minimum atomic E-state index is -0.249. The van der Waals surface area contributed by atoms with Gasteiger partial charge in [-0.25, -0.2) is 0 Å². The molecule has 4 aliphatic heterocycles. The van der Waals surface area contributed by atoms with E-state index in [4.69, 9.17) is 4.74 Å². The average molecular weight is 262 g/mol. The van der Waals surface area contributed by atoms with E-state index in [9.17, 15) is 9.59 Å². The van der Waals surface area contributed by atoms with E-state index < -0.39 is 0 Å². The highest BCUT2D eigenvalue weighted by atomic mass is 16.5. The van der Waals surface area contributed by atoms with Gasteiger partial charge in [0.25, 0.3) is 0 Å². The van der Waals surface area contributed by atoms with Gasteiger partial charge in [-0.05, 0) is 25.9 Å². The van der Waals surface area contributed by atoms with Crippen LogP contribution in [0.3, 0.4) is 0 Å². The van der Waals surface area contributed by atoms with E-state index in [1.165, 1.54) is 17.7 Å². The summed E-state index contributed by atoms with van der Waals surface area (Å²) in [5, 5.41) is 0. The number of hydrogen-bond acceptors (Lipinski definition) is 4. The summed E-state index contributed by atoms with van der Waals surface area (Å²) in [6, 6.07) is 0. The van der Waals surface area contributed by atoms with Crippen LogP contribution >= 0.6 is 0 Å². The lowest BCUT2D eigenvalue weighted by Crippen LogP contribution is -2.39. The third-order valence-electron chi connectivity index (χ3n) is 4.84. The zero-order valence-corrected chi connectivity index (χ0v) is 10.8. The van der Waals surface area contributed by atoms with Crippen molar-refractivity contribution in [3.8, 4) is 0 Å². The fourth-order valence-corrected chi connectivity index (χ4v) is 3.83. The van der Waals surface area contributed by atoms with Gasteiger partial charge in [-0.15, -0.1) is 0 Å². The number of nitrogens with zero attached hydrogens (tertiary/aromatic N) is 2. The molecule has 5 heteroatoms. The summed E-state index contributed by atoms with van der Waals surface area (Å²) in [5.74, 6) is -0.542. The maximum absolute atomic E-state index is 12.4. The van der Waals surface area contributed by atoms with Crippen LogP contribution in [-0.4, -0.2) is 60.0 Å². The van der Waals surface area contributed by atoms with Crippen LogP contribution in [-0.2, 0) is 14.3 Å². The molecular weight excluding hydrogens is 244 g/mol. The number of amides is 2. The molecule has 102 valence electrons.